The molecule has 4 aromatic rings. The van der Waals surface area contributed by atoms with Crippen LogP contribution in [0.2, 0.25) is 0 Å². The number of nitrogens with one attached hydrogen (secondary N) is 1. The highest BCUT2D eigenvalue weighted by atomic mass is 16.3. The Morgan fingerprint density at radius 3 is 2.56 bits per heavy atom. The second kappa shape index (κ2) is 9.04. The summed E-state index contributed by atoms with van der Waals surface area (Å²) in [5.41, 5.74) is 5.63. The van der Waals surface area contributed by atoms with Crippen molar-refractivity contribution in [2.45, 2.75) is 51.2 Å². The van der Waals surface area contributed by atoms with Gasteiger partial charge >= 0.3 is 0 Å². The third kappa shape index (κ3) is 3.79. The number of phenols is 1. The molecule has 1 fully saturated rings. The second-order valence-corrected chi connectivity index (χ2v) is 10.6. The van der Waals surface area contributed by atoms with Gasteiger partial charge < -0.3 is 24.5 Å². The van der Waals surface area contributed by atoms with Crippen molar-refractivity contribution in [1.29, 1.82) is 0 Å². The first kappa shape index (κ1) is 23.6. The minimum absolute atomic E-state index is 0.0581. The Kier molecular flexibility index (Phi) is 5.47. The molecular formula is C30H31N7O2. The SMILES string of the molecule is Cc1c2c(c(Nc3ccc(O)cc3)n1Cc1ccc(-n3ccnc3)cc1)C(=O)N(C)C1=N[C@H]3CCCC[C@H]3N12. The third-order valence-electron chi connectivity index (χ3n) is 8.28. The lowest BCUT2D eigenvalue weighted by molar-refractivity contribution is 0.0866. The zero-order valence-electron chi connectivity index (χ0n) is 22.1. The Morgan fingerprint density at radius 2 is 1.82 bits per heavy atom. The molecule has 1 aliphatic carbocycles. The number of aromatic nitrogens is 3. The zero-order valence-corrected chi connectivity index (χ0v) is 22.1. The number of fused-ring (bicyclic) bond motifs is 5. The van der Waals surface area contributed by atoms with Crippen LogP contribution in [0.5, 0.6) is 5.75 Å². The molecule has 0 radical (unpaired) electrons. The number of aliphatic imine (C=N–C) groups is 1. The minimum Gasteiger partial charge on any atom is -0.508 e. The molecule has 7 rings (SSSR count). The molecule has 0 bridgehead atoms. The number of imidazole rings is 1. The van der Waals surface area contributed by atoms with E-state index in [9.17, 15) is 9.90 Å². The number of carbonyl (C=O) groups excluding carboxylic acids is 1. The minimum atomic E-state index is -0.0581. The third-order valence-corrected chi connectivity index (χ3v) is 8.28. The van der Waals surface area contributed by atoms with Crippen LogP contribution in [-0.4, -0.2) is 55.1 Å². The van der Waals surface area contributed by atoms with Crippen LogP contribution in [0.15, 0.2) is 72.2 Å². The molecule has 1 saturated carbocycles. The number of phenolic OH excluding ortho intramolecular Hbond substituents is 1. The summed E-state index contributed by atoms with van der Waals surface area (Å²) >= 11 is 0. The fourth-order valence-corrected chi connectivity index (χ4v) is 6.27. The Bertz CT molecular complexity index is 1570. The fourth-order valence-electron chi connectivity index (χ4n) is 6.27. The summed E-state index contributed by atoms with van der Waals surface area (Å²) in [4.78, 5) is 27.2. The molecule has 2 aromatic carbocycles. The number of nitrogens with zero attached hydrogens (tertiary/aromatic N) is 6. The van der Waals surface area contributed by atoms with Gasteiger partial charge in [-0.3, -0.25) is 9.69 Å². The molecular weight excluding hydrogens is 490 g/mol. The van der Waals surface area contributed by atoms with Gasteiger partial charge in [-0.1, -0.05) is 25.0 Å². The molecule has 4 heterocycles. The van der Waals surface area contributed by atoms with Gasteiger partial charge in [-0.2, -0.15) is 0 Å². The number of hydrogen-bond donors (Lipinski definition) is 2. The molecule has 1 amide bonds. The molecule has 0 spiro atoms. The zero-order chi connectivity index (χ0) is 26.7. The summed E-state index contributed by atoms with van der Waals surface area (Å²) in [6.07, 6.45) is 9.96. The fraction of sp³-hybridized carbons (Fsp3) is 0.300. The Balaban J connectivity index is 1.35. The highest BCUT2D eigenvalue weighted by molar-refractivity contribution is 6.22. The van der Waals surface area contributed by atoms with E-state index in [1.165, 1.54) is 12.8 Å². The maximum atomic E-state index is 13.9. The number of hydrogen-bond acceptors (Lipinski definition) is 6. The first-order chi connectivity index (χ1) is 19.0. The van der Waals surface area contributed by atoms with Crippen molar-refractivity contribution in [2.24, 2.45) is 4.99 Å². The number of rotatable bonds is 5. The lowest BCUT2D eigenvalue weighted by atomic mass is 9.90. The van der Waals surface area contributed by atoms with Gasteiger partial charge in [0.05, 0.1) is 24.1 Å². The number of aromatic hydroxyl groups is 1. The van der Waals surface area contributed by atoms with Crippen molar-refractivity contribution >= 4 is 29.1 Å². The van der Waals surface area contributed by atoms with Crippen molar-refractivity contribution in [1.82, 2.24) is 19.0 Å². The number of carbonyl (C=O) groups is 1. The van der Waals surface area contributed by atoms with Crippen LogP contribution in [0, 0.1) is 6.92 Å². The predicted molar refractivity (Wildman–Crippen MR) is 151 cm³/mol. The van der Waals surface area contributed by atoms with Crippen molar-refractivity contribution in [3.05, 3.63) is 84.1 Å². The van der Waals surface area contributed by atoms with Crippen molar-refractivity contribution < 1.29 is 9.90 Å². The van der Waals surface area contributed by atoms with Gasteiger partial charge in [-0.05, 0) is 61.7 Å². The lowest BCUT2D eigenvalue weighted by Gasteiger charge is -2.38. The Hall–Kier alpha value is -4.53. The van der Waals surface area contributed by atoms with Crippen LogP contribution in [0.4, 0.5) is 17.2 Å². The van der Waals surface area contributed by atoms with Gasteiger partial charge in [0.1, 0.15) is 17.1 Å². The molecule has 3 aliphatic rings. The highest BCUT2D eigenvalue weighted by Crippen LogP contribution is 2.46. The van der Waals surface area contributed by atoms with E-state index in [2.05, 4.69) is 51.0 Å². The molecule has 2 N–H and O–H groups in total. The monoisotopic (exact) mass is 521 g/mol. The van der Waals surface area contributed by atoms with E-state index in [1.54, 1.807) is 29.6 Å². The Labute approximate surface area is 227 Å². The van der Waals surface area contributed by atoms with E-state index >= 15 is 0 Å². The van der Waals surface area contributed by atoms with Gasteiger partial charge in [0.15, 0.2) is 0 Å². The number of benzene rings is 2. The maximum absolute atomic E-state index is 13.9. The van der Waals surface area contributed by atoms with E-state index in [1.807, 2.05) is 29.9 Å². The molecule has 39 heavy (non-hydrogen) atoms. The quantitative estimate of drug-likeness (QED) is 0.359. The Morgan fingerprint density at radius 1 is 1.05 bits per heavy atom. The maximum Gasteiger partial charge on any atom is 0.266 e. The first-order valence-corrected chi connectivity index (χ1v) is 13.5. The van der Waals surface area contributed by atoms with Crippen LogP contribution in [0.25, 0.3) is 5.69 Å². The summed E-state index contributed by atoms with van der Waals surface area (Å²) in [5, 5.41) is 13.4. The van der Waals surface area contributed by atoms with Crippen LogP contribution in [0.1, 0.15) is 47.3 Å². The standard InChI is InChI=1S/C30H31N7O2/c1-19-27-26(29(39)34(2)30-33-24-5-3-4-6-25(24)37(27)30)28(32-21-9-13-23(38)14-10-21)36(19)17-20-7-11-22(12-8-20)35-16-15-31-18-35/h7-16,18,24-25,32,38H,3-6,17H2,1-2H3/t24-,25+/m0/s1. The first-order valence-electron chi connectivity index (χ1n) is 13.5. The van der Waals surface area contributed by atoms with Crippen LogP contribution in [0.3, 0.4) is 0 Å². The number of guanidine groups is 1. The van der Waals surface area contributed by atoms with E-state index in [-0.39, 0.29) is 23.7 Å². The van der Waals surface area contributed by atoms with E-state index in [0.29, 0.717) is 12.1 Å². The average molecular weight is 522 g/mol. The normalized spacial score (nSPS) is 19.9. The number of anilines is 3. The predicted octanol–water partition coefficient (Wildman–Crippen LogP) is 5.05. The molecule has 2 aromatic heterocycles. The summed E-state index contributed by atoms with van der Waals surface area (Å²) in [6.45, 7) is 2.70. The highest BCUT2D eigenvalue weighted by Gasteiger charge is 2.48. The topological polar surface area (TPSA) is 90.9 Å². The second-order valence-electron chi connectivity index (χ2n) is 10.6. The van der Waals surface area contributed by atoms with Crippen LogP contribution in [-0.2, 0) is 6.54 Å². The molecule has 2 atom stereocenters. The van der Waals surface area contributed by atoms with Gasteiger partial charge in [0.25, 0.3) is 5.91 Å². The molecule has 9 heteroatoms. The smallest absolute Gasteiger partial charge is 0.266 e. The largest absolute Gasteiger partial charge is 0.508 e. The van der Waals surface area contributed by atoms with Gasteiger partial charge in [0, 0.05) is 43.1 Å². The summed E-state index contributed by atoms with van der Waals surface area (Å²) in [6, 6.07) is 15.8. The summed E-state index contributed by atoms with van der Waals surface area (Å²) in [7, 11) is 1.83. The average Bonchev–Trinajstić information content (AvgIpc) is 3.68. The molecule has 0 unspecified atom stereocenters. The van der Waals surface area contributed by atoms with E-state index in [4.69, 9.17) is 4.99 Å². The van der Waals surface area contributed by atoms with Gasteiger partial charge in [0.2, 0.25) is 5.96 Å². The van der Waals surface area contributed by atoms with Crippen molar-refractivity contribution in [3.8, 4) is 11.4 Å². The number of amides is 1. The van der Waals surface area contributed by atoms with E-state index < -0.39 is 0 Å². The van der Waals surface area contributed by atoms with Crippen LogP contribution < -0.4 is 10.2 Å². The lowest BCUT2D eigenvalue weighted by Crippen LogP contribution is -2.52. The molecule has 2 aliphatic heterocycles. The van der Waals surface area contributed by atoms with Gasteiger partial charge in [-0.25, -0.2) is 9.98 Å². The van der Waals surface area contributed by atoms with Gasteiger partial charge in [-0.15, -0.1) is 0 Å². The molecule has 9 nitrogen and oxygen atoms in total. The van der Waals surface area contributed by atoms with Crippen LogP contribution >= 0.6 is 0 Å². The molecule has 0 saturated heterocycles. The summed E-state index contributed by atoms with van der Waals surface area (Å²) in [5.74, 6) is 1.66. The van der Waals surface area contributed by atoms with Crippen molar-refractivity contribution in [2.75, 3.05) is 17.3 Å². The summed E-state index contributed by atoms with van der Waals surface area (Å²) < 4.78 is 4.18. The van der Waals surface area contributed by atoms with E-state index in [0.717, 1.165) is 52.9 Å². The van der Waals surface area contributed by atoms with Crippen molar-refractivity contribution in [3.63, 3.8) is 0 Å². The molecule has 198 valence electrons.